The van der Waals surface area contributed by atoms with Gasteiger partial charge in [0.1, 0.15) is 0 Å². The Kier molecular flexibility index (Phi) is 2.49. The molecule has 2 heteroatoms. The van der Waals surface area contributed by atoms with Crippen molar-refractivity contribution < 1.29 is 9.90 Å². The van der Waals surface area contributed by atoms with Crippen LogP contribution in [0, 0.1) is 0 Å². The molecule has 0 aromatic heterocycles. The molecule has 1 aliphatic carbocycles. The molecular formula is C16H12O2. The van der Waals surface area contributed by atoms with Crippen molar-refractivity contribution in [1.82, 2.24) is 0 Å². The van der Waals surface area contributed by atoms with Crippen LogP contribution in [-0.4, -0.2) is 10.9 Å². The molecule has 0 spiro atoms. The molecule has 1 aliphatic rings. The highest BCUT2D eigenvalue weighted by molar-refractivity contribution is 6.24. The van der Waals surface area contributed by atoms with Gasteiger partial charge in [0.15, 0.2) is 5.78 Å². The van der Waals surface area contributed by atoms with E-state index in [9.17, 15) is 9.90 Å². The fourth-order valence-corrected chi connectivity index (χ4v) is 2.45. The van der Waals surface area contributed by atoms with E-state index in [1.54, 1.807) is 0 Å². The van der Waals surface area contributed by atoms with Crippen LogP contribution in [-0.2, 0) is 11.2 Å². The molecule has 0 radical (unpaired) electrons. The van der Waals surface area contributed by atoms with Gasteiger partial charge in [0.05, 0.1) is 11.8 Å². The average Bonchev–Trinajstić information content (AvgIpc) is 2.52. The van der Waals surface area contributed by atoms with E-state index in [2.05, 4.69) is 0 Å². The average molecular weight is 236 g/mol. The Morgan fingerprint density at radius 2 is 1.50 bits per heavy atom. The first-order valence-electron chi connectivity index (χ1n) is 5.86. The van der Waals surface area contributed by atoms with Crippen LogP contribution < -0.4 is 0 Å². The zero-order valence-electron chi connectivity index (χ0n) is 9.76. The maximum atomic E-state index is 12.1. The lowest BCUT2D eigenvalue weighted by atomic mass is 9.95. The first-order valence-corrected chi connectivity index (χ1v) is 5.86. The fourth-order valence-electron chi connectivity index (χ4n) is 2.45. The number of carbonyl (C=O) groups is 1. The number of hydrogen-bond donors (Lipinski definition) is 1. The second kappa shape index (κ2) is 4.15. The summed E-state index contributed by atoms with van der Waals surface area (Å²) in [5.74, 6) is -0.0464. The third-order valence-electron chi connectivity index (χ3n) is 3.31. The summed E-state index contributed by atoms with van der Waals surface area (Å²) in [7, 11) is 0. The second-order valence-corrected chi connectivity index (χ2v) is 4.35. The van der Waals surface area contributed by atoms with E-state index in [4.69, 9.17) is 0 Å². The molecule has 0 fully saturated rings. The molecular weight excluding hydrogens is 224 g/mol. The van der Waals surface area contributed by atoms with Crippen LogP contribution in [0.25, 0.3) is 16.7 Å². The van der Waals surface area contributed by atoms with Crippen molar-refractivity contribution in [2.75, 3.05) is 0 Å². The van der Waals surface area contributed by atoms with E-state index in [0.29, 0.717) is 12.0 Å². The van der Waals surface area contributed by atoms with E-state index in [1.807, 2.05) is 48.5 Å². The molecule has 0 saturated carbocycles. The fraction of sp³-hybridized carbons (Fsp3) is 0.0625. The Morgan fingerprint density at radius 3 is 2.22 bits per heavy atom. The number of allylic oxidation sites excluding steroid dienone is 1. The minimum Gasteiger partial charge on any atom is -0.515 e. The highest BCUT2D eigenvalue weighted by Crippen LogP contribution is 2.35. The van der Waals surface area contributed by atoms with Crippen molar-refractivity contribution in [2.24, 2.45) is 0 Å². The van der Waals surface area contributed by atoms with Crippen LogP contribution >= 0.6 is 0 Å². The topological polar surface area (TPSA) is 37.3 Å². The molecule has 0 bridgehead atoms. The van der Waals surface area contributed by atoms with Gasteiger partial charge < -0.3 is 5.11 Å². The first-order chi connectivity index (χ1) is 8.81. The maximum absolute atomic E-state index is 12.1. The molecule has 2 aromatic carbocycles. The largest absolute Gasteiger partial charge is 0.515 e. The van der Waals surface area contributed by atoms with Gasteiger partial charge in [0.25, 0.3) is 0 Å². The lowest BCUT2D eigenvalue weighted by Crippen LogP contribution is -2.03. The summed E-state index contributed by atoms with van der Waals surface area (Å²) < 4.78 is 0. The maximum Gasteiger partial charge on any atom is 0.170 e. The third kappa shape index (κ3) is 1.54. The van der Waals surface area contributed by atoms with E-state index in [-0.39, 0.29) is 5.78 Å². The highest BCUT2D eigenvalue weighted by atomic mass is 16.2. The molecule has 0 aliphatic heterocycles. The number of ketones is 1. The van der Waals surface area contributed by atoms with Crippen LogP contribution in [0.4, 0.5) is 0 Å². The van der Waals surface area contributed by atoms with E-state index >= 15 is 0 Å². The molecule has 18 heavy (non-hydrogen) atoms. The van der Waals surface area contributed by atoms with Crippen LogP contribution in [0.3, 0.4) is 0 Å². The molecule has 2 aromatic rings. The Labute approximate surface area is 105 Å². The summed E-state index contributed by atoms with van der Waals surface area (Å²) >= 11 is 0. The number of aliphatic hydroxyl groups excluding tert-OH is 1. The highest BCUT2D eigenvalue weighted by Gasteiger charge is 2.22. The molecule has 2 nitrogen and oxygen atoms in total. The van der Waals surface area contributed by atoms with E-state index in [1.165, 1.54) is 0 Å². The Balaban J connectivity index is 2.37. The Bertz CT molecular complexity index is 654. The Hall–Kier alpha value is -2.35. The Morgan fingerprint density at radius 1 is 0.889 bits per heavy atom. The standard InChI is InChI=1S/C16H12O2/c17-10-15-14-8-4-3-7-13(14)12-6-2-1-5-11(12)9-16(15)18/h1-8,10,17H,9H2/b15-10-. The van der Waals surface area contributed by atoms with Crippen molar-refractivity contribution in [3.8, 4) is 11.1 Å². The zero-order valence-corrected chi connectivity index (χ0v) is 9.76. The van der Waals surface area contributed by atoms with Gasteiger partial charge in [0.2, 0.25) is 0 Å². The van der Waals surface area contributed by atoms with Crippen molar-refractivity contribution in [3.63, 3.8) is 0 Å². The SMILES string of the molecule is O=C1Cc2ccccc2-c2ccccc2/C1=C/O. The van der Waals surface area contributed by atoms with Crippen LogP contribution in [0.5, 0.6) is 0 Å². The number of fused-ring (bicyclic) bond motifs is 3. The monoisotopic (exact) mass is 236 g/mol. The number of hydrogen-bond acceptors (Lipinski definition) is 2. The number of rotatable bonds is 0. The molecule has 3 rings (SSSR count). The smallest absolute Gasteiger partial charge is 0.170 e. The van der Waals surface area contributed by atoms with Gasteiger partial charge in [-0.15, -0.1) is 0 Å². The first kappa shape index (κ1) is 10.8. The van der Waals surface area contributed by atoms with Crippen molar-refractivity contribution in [3.05, 3.63) is 65.9 Å². The minimum atomic E-state index is -0.0464. The van der Waals surface area contributed by atoms with E-state index in [0.717, 1.165) is 28.5 Å². The van der Waals surface area contributed by atoms with Gasteiger partial charge in [-0.25, -0.2) is 0 Å². The van der Waals surface area contributed by atoms with E-state index < -0.39 is 0 Å². The van der Waals surface area contributed by atoms with Crippen LogP contribution in [0.2, 0.25) is 0 Å². The van der Waals surface area contributed by atoms with Crippen molar-refractivity contribution in [1.29, 1.82) is 0 Å². The lowest BCUT2D eigenvalue weighted by molar-refractivity contribution is -0.113. The normalized spacial score (nSPS) is 16.0. The number of Topliss-reactive ketones (excluding diaryl/α,β-unsaturated/α-hetero) is 1. The zero-order chi connectivity index (χ0) is 12.5. The summed E-state index contributed by atoms with van der Waals surface area (Å²) in [6, 6.07) is 15.6. The minimum absolute atomic E-state index is 0.0464. The molecule has 0 unspecified atom stereocenters. The summed E-state index contributed by atoms with van der Waals surface area (Å²) in [5, 5.41) is 9.33. The summed E-state index contributed by atoms with van der Waals surface area (Å²) in [6.45, 7) is 0. The molecule has 1 N–H and O–H groups in total. The second-order valence-electron chi connectivity index (χ2n) is 4.35. The molecule has 0 saturated heterocycles. The van der Waals surface area contributed by atoms with Crippen molar-refractivity contribution in [2.45, 2.75) is 6.42 Å². The van der Waals surface area contributed by atoms with Gasteiger partial charge in [-0.05, 0) is 22.3 Å². The van der Waals surface area contributed by atoms with Crippen molar-refractivity contribution >= 4 is 11.4 Å². The quantitative estimate of drug-likeness (QED) is 0.562. The van der Waals surface area contributed by atoms with Gasteiger partial charge >= 0.3 is 0 Å². The van der Waals surface area contributed by atoms with Gasteiger partial charge in [-0.2, -0.15) is 0 Å². The summed E-state index contributed by atoms with van der Waals surface area (Å²) in [4.78, 5) is 12.1. The third-order valence-corrected chi connectivity index (χ3v) is 3.31. The number of benzene rings is 2. The number of carbonyl (C=O) groups excluding carboxylic acids is 1. The summed E-state index contributed by atoms with van der Waals surface area (Å²) in [6.07, 6.45) is 1.25. The molecule has 0 amide bonds. The lowest BCUT2D eigenvalue weighted by Gasteiger charge is -2.08. The van der Waals surface area contributed by atoms with Crippen LogP contribution in [0.15, 0.2) is 54.8 Å². The molecule has 0 heterocycles. The van der Waals surface area contributed by atoms with Gasteiger partial charge in [-0.1, -0.05) is 48.5 Å². The van der Waals surface area contributed by atoms with Gasteiger partial charge in [0, 0.05) is 6.42 Å². The van der Waals surface area contributed by atoms with Crippen LogP contribution in [0.1, 0.15) is 11.1 Å². The summed E-state index contributed by atoms with van der Waals surface area (Å²) in [5.41, 5.74) is 4.26. The molecule has 0 atom stereocenters. The van der Waals surface area contributed by atoms with Gasteiger partial charge in [-0.3, -0.25) is 4.79 Å². The molecule has 88 valence electrons. The number of aliphatic hydroxyl groups is 1. The predicted octanol–water partition coefficient (Wildman–Crippen LogP) is 3.38. The predicted molar refractivity (Wildman–Crippen MR) is 71.2 cm³/mol.